The zero-order valence-electron chi connectivity index (χ0n) is 11.0. The van der Waals surface area contributed by atoms with Crippen molar-refractivity contribution in [2.75, 3.05) is 37.8 Å². The van der Waals surface area contributed by atoms with E-state index in [2.05, 4.69) is 4.90 Å². The Kier molecular flexibility index (Phi) is 4.76. The van der Waals surface area contributed by atoms with Crippen LogP contribution in [0.3, 0.4) is 0 Å². The number of nitrogens with zero attached hydrogens (tertiary/aromatic N) is 1. The molecule has 1 heterocycles. The maximum Gasteiger partial charge on any atom is 0.339 e. The second-order valence-corrected chi connectivity index (χ2v) is 4.31. The SMILES string of the molecule is CCOC(=O)C(O)c1ccccc1N1CCOCC1. The highest BCUT2D eigenvalue weighted by Gasteiger charge is 2.24. The molecule has 1 aromatic carbocycles. The van der Waals surface area contributed by atoms with Crippen molar-refractivity contribution in [1.82, 2.24) is 0 Å². The largest absolute Gasteiger partial charge is 0.464 e. The van der Waals surface area contributed by atoms with Gasteiger partial charge in [0.25, 0.3) is 0 Å². The molecule has 0 aromatic heterocycles. The van der Waals surface area contributed by atoms with E-state index in [0.717, 1.165) is 18.8 Å². The number of esters is 1. The summed E-state index contributed by atoms with van der Waals surface area (Å²) in [6.45, 7) is 4.81. The number of hydrogen-bond acceptors (Lipinski definition) is 5. The van der Waals surface area contributed by atoms with Crippen LogP contribution in [-0.2, 0) is 14.3 Å². The summed E-state index contributed by atoms with van der Waals surface area (Å²) in [6.07, 6.45) is -1.24. The van der Waals surface area contributed by atoms with E-state index in [1.54, 1.807) is 13.0 Å². The summed E-state index contributed by atoms with van der Waals surface area (Å²) < 4.78 is 10.2. The van der Waals surface area contributed by atoms with Crippen molar-refractivity contribution in [3.8, 4) is 0 Å². The van der Waals surface area contributed by atoms with E-state index in [1.165, 1.54) is 0 Å². The Labute approximate surface area is 112 Å². The smallest absolute Gasteiger partial charge is 0.339 e. The summed E-state index contributed by atoms with van der Waals surface area (Å²) in [5, 5.41) is 10.1. The minimum Gasteiger partial charge on any atom is -0.464 e. The summed E-state index contributed by atoms with van der Waals surface area (Å²) in [6, 6.07) is 7.36. The molecule has 1 saturated heterocycles. The number of rotatable bonds is 4. The van der Waals surface area contributed by atoms with Crippen LogP contribution in [0.25, 0.3) is 0 Å². The van der Waals surface area contributed by atoms with Gasteiger partial charge in [0.15, 0.2) is 6.10 Å². The number of carbonyl (C=O) groups excluding carboxylic acids is 1. The molecule has 5 heteroatoms. The molecular weight excluding hydrogens is 246 g/mol. The molecule has 0 amide bonds. The number of hydrogen-bond donors (Lipinski definition) is 1. The lowest BCUT2D eigenvalue weighted by Crippen LogP contribution is -2.37. The van der Waals surface area contributed by atoms with Crippen molar-refractivity contribution >= 4 is 11.7 Å². The lowest BCUT2D eigenvalue weighted by atomic mass is 10.1. The molecule has 2 rings (SSSR count). The fourth-order valence-electron chi connectivity index (χ4n) is 2.16. The van der Waals surface area contributed by atoms with Crippen LogP contribution < -0.4 is 4.90 Å². The molecule has 1 aliphatic rings. The molecule has 0 saturated carbocycles. The first-order chi connectivity index (χ1) is 9.24. The van der Waals surface area contributed by atoms with Gasteiger partial charge >= 0.3 is 5.97 Å². The first-order valence-electron chi connectivity index (χ1n) is 6.50. The van der Waals surface area contributed by atoms with Crippen LogP contribution >= 0.6 is 0 Å². The van der Waals surface area contributed by atoms with Gasteiger partial charge in [-0.3, -0.25) is 0 Å². The molecule has 1 aliphatic heterocycles. The molecule has 0 aliphatic carbocycles. The molecule has 5 nitrogen and oxygen atoms in total. The van der Waals surface area contributed by atoms with Crippen LogP contribution in [0.15, 0.2) is 24.3 Å². The van der Waals surface area contributed by atoms with E-state index in [1.807, 2.05) is 18.2 Å². The van der Waals surface area contributed by atoms with Crippen LogP contribution in [0.4, 0.5) is 5.69 Å². The van der Waals surface area contributed by atoms with Gasteiger partial charge in [0.05, 0.1) is 19.8 Å². The van der Waals surface area contributed by atoms with Crippen LogP contribution in [0.2, 0.25) is 0 Å². The van der Waals surface area contributed by atoms with Crippen molar-refractivity contribution in [3.63, 3.8) is 0 Å². The Morgan fingerprint density at radius 1 is 1.42 bits per heavy atom. The fourth-order valence-corrected chi connectivity index (χ4v) is 2.16. The summed E-state index contributed by atoms with van der Waals surface area (Å²) in [5.74, 6) is -0.608. The monoisotopic (exact) mass is 265 g/mol. The molecule has 1 atom stereocenters. The molecule has 1 fully saturated rings. The minimum atomic E-state index is -1.24. The Hall–Kier alpha value is -1.59. The van der Waals surface area contributed by atoms with Crippen molar-refractivity contribution in [1.29, 1.82) is 0 Å². The van der Waals surface area contributed by atoms with Gasteiger partial charge in [0.2, 0.25) is 0 Å². The first-order valence-corrected chi connectivity index (χ1v) is 6.50. The third-order valence-electron chi connectivity index (χ3n) is 3.09. The van der Waals surface area contributed by atoms with Gasteiger partial charge in [-0.1, -0.05) is 18.2 Å². The number of aliphatic hydroxyl groups excluding tert-OH is 1. The summed E-state index contributed by atoms with van der Waals surface area (Å²) >= 11 is 0. The van der Waals surface area contributed by atoms with Crippen LogP contribution in [0.5, 0.6) is 0 Å². The predicted octanol–water partition coefficient (Wildman–Crippen LogP) is 1.12. The lowest BCUT2D eigenvalue weighted by Gasteiger charge is -2.31. The standard InChI is InChI=1S/C14H19NO4/c1-2-19-14(17)13(16)11-5-3-4-6-12(11)15-7-9-18-10-8-15/h3-6,13,16H,2,7-10H2,1H3. The normalized spacial score (nSPS) is 17.1. The molecular formula is C14H19NO4. The minimum absolute atomic E-state index is 0.260. The van der Waals surface area contributed by atoms with Crippen LogP contribution in [0.1, 0.15) is 18.6 Å². The molecule has 104 valence electrons. The maximum absolute atomic E-state index is 11.7. The zero-order valence-corrected chi connectivity index (χ0v) is 11.0. The van der Waals surface area contributed by atoms with Gasteiger partial charge in [0, 0.05) is 24.3 Å². The Morgan fingerprint density at radius 3 is 2.79 bits per heavy atom. The summed E-state index contributed by atoms with van der Waals surface area (Å²) in [4.78, 5) is 13.8. The van der Waals surface area contributed by atoms with E-state index >= 15 is 0 Å². The number of anilines is 1. The Bertz CT molecular complexity index is 429. The zero-order chi connectivity index (χ0) is 13.7. The van der Waals surface area contributed by atoms with Crippen LogP contribution in [0, 0.1) is 0 Å². The number of para-hydroxylation sites is 1. The van der Waals surface area contributed by atoms with Gasteiger partial charge in [0.1, 0.15) is 0 Å². The quantitative estimate of drug-likeness (QED) is 0.827. The number of benzene rings is 1. The molecule has 1 unspecified atom stereocenters. The fraction of sp³-hybridized carbons (Fsp3) is 0.500. The van der Waals surface area contributed by atoms with E-state index in [0.29, 0.717) is 18.8 Å². The van der Waals surface area contributed by atoms with Gasteiger partial charge in [-0.25, -0.2) is 4.79 Å². The predicted molar refractivity (Wildman–Crippen MR) is 71.1 cm³/mol. The topological polar surface area (TPSA) is 59.0 Å². The average Bonchev–Trinajstić information content (AvgIpc) is 2.47. The molecule has 0 bridgehead atoms. The average molecular weight is 265 g/mol. The van der Waals surface area contributed by atoms with E-state index in [4.69, 9.17) is 9.47 Å². The van der Waals surface area contributed by atoms with Gasteiger partial charge in [-0.05, 0) is 13.0 Å². The Balaban J connectivity index is 2.22. The molecule has 19 heavy (non-hydrogen) atoms. The molecule has 0 radical (unpaired) electrons. The van der Waals surface area contributed by atoms with E-state index in [9.17, 15) is 9.90 Å². The van der Waals surface area contributed by atoms with E-state index in [-0.39, 0.29) is 6.61 Å². The van der Waals surface area contributed by atoms with Gasteiger partial charge in [-0.15, -0.1) is 0 Å². The highest BCUT2D eigenvalue weighted by Crippen LogP contribution is 2.27. The number of aliphatic hydroxyl groups is 1. The van der Waals surface area contributed by atoms with Crippen molar-refractivity contribution < 1.29 is 19.4 Å². The summed E-state index contributed by atoms with van der Waals surface area (Å²) in [5.41, 5.74) is 1.45. The van der Waals surface area contributed by atoms with Crippen molar-refractivity contribution in [3.05, 3.63) is 29.8 Å². The number of carbonyl (C=O) groups is 1. The number of ether oxygens (including phenoxy) is 2. The van der Waals surface area contributed by atoms with Crippen molar-refractivity contribution in [2.45, 2.75) is 13.0 Å². The Morgan fingerprint density at radius 2 is 2.11 bits per heavy atom. The van der Waals surface area contributed by atoms with E-state index < -0.39 is 12.1 Å². The highest BCUT2D eigenvalue weighted by atomic mass is 16.5. The highest BCUT2D eigenvalue weighted by molar-refractivity contribution is 5.79. The van der Waals surface area contributed by atoms with Gasteiger partial charge < -0.3 is 19.5 Å². The van der Waals surface area contributed by atoms with Crippen LogP contribution in [-0.4, -0.2) is 44.0 Å². The molecule has 1 N–H and O–H groups in total. The number of morpholine rings is 1. The third kappa shape index (κ3) is 3.24. The second-order valence-electron chi connectivity index (χ2n) is 4.31. The maximum atomic E-state index is 11.7. The lowest BCUT2D eigenvalue weighted by molar-refractivity contribution is -0.153. The van der Waals surface area contributed by atoms with Gasteiger partial charge in [-0.2, -0.15) is 0 Å². The first kappa shape index (κ1) is 13.8. The molecule has 0 spiro atoms. The molecule has 1 aromatic rings. The van der Waals surface area contributed by atoms with Crippen molar-refractivity contribution in [2.24, 2.45) is 0 Å². The summed E-state index contributed by atoms with van der Waals surface area (Å²) in [7, 11) is 0. The second kappa shape index (κ2) is 6.54. The third-order valence-corrected chi connectivity index (χ3v) is 3.09.